The third-order valence-electron chi connectivity index (χ3n) is 3.90. The van der Waals surface area contributed by atoms with Gasteiger partial charge in [-0.1, -0.05) is 30.3 Å². The number of H-pyrrole nitrogens is 1. The number of hydrogen-bond donors (Lipinski definition) is 2. The van der Waals surface area contributed by atoms with E-state index >= 15 is 0 Å². The average Bonchev–Trinajstić information content (AvgIpc) is 3.24. The van der Waals surface area contributed by atoms with Crippen molar-refractivity contribution in [3.05, 3.63) is 48.5 Å². The Balaban J connectivity index is 0.00000132. The van der Waals surface area contributed by atoms with Crippen molar-refractivity contribution in [2.45, 2.75) is 12.8 Å². The number of aromatic nitrogens is 2. The fourth-order valence-electron chi connectivity index (χ4n) is 2.53. The van der Waals surface area contributed by atoms with E-state index in [2.05, 4.69) is 45.8 Å². The maximum absolute atomic E-state index is 4.46. The summed E-state index contributed by atoms with van der Waals surface area (Å²) in [4.78, 5) is 0. The Hall–Kier alpha value is -2.00. The van der Waals surface area contributed by atoms with Crippen LogP contribution in [0.2, 0.25) is 0 Å². The Morgan fingerprint density at radius 2 is 1.90 bits per heavy atom. The van der Waals surface area contributed by atoms with Crippen molar-refractivity contribution in [2.24, 2.45) is 5.92 Å². The Morgan fingerprint density at radius 1 is 1.10 bits per heavy atom. The van der Waals surface area contributed by atoms with Gasteiger partial charge in [-0.3, -0.25) is 5.10 Å². The van der Waals surface area contributed by atoms with Gasteiger partial charge in [-0.15, -0.1) is 12.4 Å². The van der Waals surface area contributed by atoms with E-state index in [0.717, 1.165) is 29.2 Å². The zero-order valence-electron chi connectivity index (χ0n) is 11.7. The number of nitrogens with one attached hydrogen (secondary N) is 2. The van der Waals surface area contributed by atoms with E-state index in [1.165, 1.54) is 23.9 Å². The van der Waals surface area contributed by atoms with E-state index in [0.29, 0.717) is 0 Å². The van der Waals surface area contributed by atoms with Gasteiger partial charge in [0.25, 0.3) is 0 Å². The molecule has 1 aliphatic rings. The highest BCUT2D eigenvalue weighted by atomic mass is 35.5. The Morgan fingerprint density at radius 3 is 2.67 bits per heavy atom. The molecule has 1 fully saturated rings. The maximum Gasteiger partial charge on any atom is 0.0999 e. The monoisotopic (exact) mass is 299 g/mol. The zero-order chi connectivity index (χ0) is 13.4. The lowest BCUT2D eigenvalue weighted by atomic mass is 10.1. The molecule has 0 atom stereocenters. The molecule has 4 heteroatoms. The minimum Gasteiger partial charge on any atom is -0.385 e. The summed E-state index contributed by atoms with van der Waals surface area (Å²) in [6, 6.07) is 16.7. The number of aromatic amines is 1. The molecule has 0 bridgehead atoms. The number of nitrogens with zero attached hydrogens (tertiary/aromatic N) is 1. The summed E-state index contributed by atoms with van der Waals surface area (Å²) in [5, 5.41) is 12.3. The van der Waals surface area contributed by atoms with Gasteiger partial charge in [0.1, 0.15) is 0 Å². The third-order valence-corrected chi connectivity index (χ3v) is 3.90. The fourth-order valence-corrected chi connectivity index (χ4v) is 2.53. The van der Waals surface area contributed by atoms with Gasteiger partial charge in [0.05, 0.1) is 11.2 Å². The SMILES string of the molecule is Cl.c1ccc(-c2n[nH]c3cc(NCC4CC4)ccc23)cc1. The smallest absolute Gasteiger partial charge is 0.0999 e. The van der Waals surface area contributed by atoms with Crippen molar-refractivity contribution in [1.29, 1.82) is 0 Å². The lowest BCUT2D eigenvalue weighted by Gasteiger charge is -2.05. The largest absolute Gasteiger partial charge is 0.385 e. The quantitative estimate of drug-likeness (QED) is 0.746. The van der Waals surface area contributed by atoms with Gasteiger partial charge in [0, 0.05) is 23.2 Å². The Kier molecular flexibility index (Phi) is 3.84. The predicted octanol–water partition coefficient (Wildman–Crippen LogP) is 4.47. The molecule has 3 nitrogen and oxygen atoms in total. The van der Waals surface area contributed by atoms with E-state index in [1.807, 2.05) is 18.2 Å². The van der Waals surface area contributed by atoms with Gasteiger partial charge < -0.3 is 5.32 Å². The number of hydrogen-bond acceptors (Lipinski definition) is 2. The summed E-state index contributed by atoms with van der Waals surface area (Å²) in [6.07, 6.45) is 2.74. The van der Waals surface area contributed by atoms with Crippen LogP contribution >= 0.6 is 12.4 Å². The molecular formula is C17H18ClN3. The molecule has 0 spiro atoms. The molecule has 0 saturated heterocycles. The molecule has 21 heavy (non-hydrogen) atoms. The molecule has 0 amide bonds. The molecule has 1 aromatic heterocycles. The molecule has 2 N–H and O–H groups in total. The van der Waals surface area contributed by atoms with Crippen molar-refractivity contribution in [2.75, 3.05) is 11.9 Å². The first kappa shape index (κ1) is 14.0. The van der Waals surface area contributed by atoms with Crippen LogP contribution in [0.25, 0.3) is 22.2 Å². The van der Waals surface area contributed by atoms with Crippen LogP contribution in [0.15, 0.2) is 48.5 Å². The Labute approximate surface area is 130 Å². The standard InChI is InChI=1S/C17H17N3.ClH/c1-2-4-13(5-3-1)17-15-9-8-14(10-16(15)19-20-17)18-11-12-6-7-12;/h1-5,8-10,12,18H,6-7,11H2,(H,19,20);1H. The van der Waals surface area contributed by atoms with Crippen LogP contribution < -0.4 is 5.32 Å². The van der Waals surface area contributed by atoms with Crippen LogP contribution in [0.5, 0.6) is 0 Å². The fraction of sp³-hybridized carbons (Fsp3) is 0.235. The molecule has 0 radical (unpaired) electrons. The van der Waals surface area contributed by atoms with Gasteiger partial charge in [0.2, 0.25) is 0 Å². The highest BCUT2D eigenvalue weighted by Gasteiger charge is 2.20. The van der Waals surface area contributed by atoms with Crippen molar-refractivity contribution in [3.63, 3.8) is 0 Å². The number of benzene rings is 2. The van der Waals surface area contributed by atoms with Gasteiger partial charge in [-0.05, 0) is 37.0 Å². The first-order valence-corrected chi connectivity index (χ1v) is 7.17. The summed E-state index contributed by atoms with van der Waals surface area (Å²) in [6.45, 7) is 1.09. The summed E-state index contributed by atoms with van der Waals surface area (Å²) in [5.41, 5.74) is 4.43. The molecule has 0 unspecified atom stereocenters. The molecule has 0 aliphatic heterocycles. The molecule has 3 aromatic rings. The second kappa shape index (κ2) is 5.78. The van der Waals surface area contributed by atoms with E-state index < -0.39 is 0 Å². The van der Waals surface area contributed by atoms with Gasteiger partial charge in [-0.25, -0.2) is 0 Å². The van der Waals surface area contributed by atoms with E-state index in [4.69, 9.17) is 0 Å². The second-order valence-corrected chi connectivity index (χ2v) is 5.52. The van der Waals surface area contributed by atoms with Gasteiger partial charge in [0.15, 0.2) is 0 Å². The van der Waals surface area contributed by atoms with Crippen molar-refractivity contribution in [3.8, 4) is 11.3 Å². The average molecular weight is 300 g/mol. The summed E-state index contributed by atoms with van der Waals surface area (Å²) >= 11 is 0. The first-order valence-electron chi connectivity index (χ1n) is 7.17. The second-order valence-electron chi connectivity index (χ2n) is 5.52. The first-order chi connectivity index (χ1) is 9.90. The van der Waals surface area contributed by atoms with E-state index in [1.54, 1.807) is 0 Å². The van der Waals surface area contributed by atoms with Crippen LogP contribution in [-0.4, -0.2) is 16.7 Å². The lowest BCUT2D eigenvalue weighted by molar-refractivity contribution is 0.889. The normalized spacial score (nSPS) is 13.9. The molecule has 108 valence electrons. The maximum atomic E-state index is 4.46. The summed E-state index contributed by atoms with van der Waals surface area (Å²) < 4.78 is 0. The summed E-state index contributed by atoms with van der Waals surface area (Å²) in [7, 11) is 0. The Bertz CT molecular complexity index is 732. The van der Waals surface area contributed by atoms with Crippen LogP contribution in [-0.2, 0) is 0 Å². The zero-order valence-corrected chi connectivity index (χ0v) is 12.5. The summed E-state index contributed by atoms with van der Waals surface area (Å²) in [5.74, 6) is 0.882. The molecule has 1 heterocycles. The molecular weight excluding hydrogens is 282 g/mol. The molecule has 1 aliphatic carbocycles. The minimum atomic E-state index is 0. The molecule has 2 aromatic carbocycles. The third kappa shape index (κ3) is 2.88. The number of anilines is 1. The van der Waals surface area contributed by atoms with Crippen molar-refractivity contribution < 1.29 is 0 Å². The number of fused-ring (bicyclic) bond motifs is 1. The van der Waals surface area contributed by atoms with Crippen LogP contribution in [0.3, 0.4) is 0 Å². The van der Waals surface area contributed by atoms with Crippen molar-refractivity contribution in [1.82, 2.24) is 10.2 Å². The topological polar surface area (TPSA) is 40.7 Å². The van der Waals surface area contributed by atoms with Crippen molar-refractivity contribution >= 4 is 29.0 Å². The van der Waals surface area contributed by atoms with E-state index in [-0.39, 0.29) is 12.4 Å². The highest BCUT2D eigenvalue weighted by Crippen LogP contribution is 2.30. The van der Waals surface area contributed by atoms with Crippen LogP contribution in [0, 0.1) is 5.92 Å². The van der Waals surface area contributed by atoms with E-state index in [9.17, 15) is 0 Å². The van der Waals surface area contributed by atoms with Crippen LogP contribution in [0.1, 0.15) is 12.8 Å². The minimum absolute atomic E-state index is 0. The molecule has 4 rings (SSSR count). The highest BCUT2D eigenvalue weighted by molar-refractivity contribution is 5.94. The number of rotatable bonds is 4. The van der Waals surface area contributed by atoms with Crippen LogP contribution in [0.4, 0.5) is 5.69 Å². The molecule has 1 saturated carbocycles. The van der Waals surface area contributed by atoms with Gasteiger partial charge >= 0.3 is 0 Å². The lowest BCUT2D eigenvalue weighted by Crippen LogP contribution is -2.02. The van der Waals surface area contributed by atoms with Gasteiger partial charge in [-0.2, -0.15) is 5.10 Å². The predicted molar refractivity (Wildman–Crippen MR) is 90.0 cm³/mol. The number of halogens is 1.